The lowest BCUT2D eigenvalue weighted by Crippen LogP contribution is -2.25. The van der Waals surface area contributed by atoms with Gasteiger partial charge in [0.25, 0.3) is 0 Å². The minimum absolute atomic E-state index is 0.233. The summed E-state index contributed by atoms with van der Waals surface area (Å²) in [4.78, 5) is 3.16. The minimum atomic E-state index is -0.233. The van der Waals surface area contributed by atoms with Gasteiger partial charge in [0.15, 0.2) is 5.88 Å². The van der Waals surface area contributed by atoms with Crippen LogP contribution in [-0.2, 0) is 0 Å². The molecular weight excluding hydrogens is 176 g/mol. The van der Waals surface area contributed by atoms with Gasteiger partial charge in [-0.15, -0.1) is 0 Å². The first-order valence-corrected chi connectivity index (χ1v) is 4.79. The van der Waals surface area contributed by atoms with Crippen LogP contribution < -0.4 is 10.5 Å². The van der Waals surface area contributed by atoms with Crippen LogP contribution in [0, 0.1) is 0 Å². The lowest BCUT2D eigenvalue weighted by Gasteiger charge is -2.09. The highest BCUT2D eigenvalue weighted by molar-refractivity contribution is 5.81. The molecule has 3 N–H and O–H groups in total. The SMILES string of the molecule is CCC(N)Oc1cc2ccccc2[nH]1. The maximum atomic E-state index is 5.68. The van der Waals surface area contributed by atoms with E-state index in [2.05, 4.69) is 4.98 Å². The summed E-state index contributed by atoms with van der Waals surface area (Å²) < 4.78 is 5.47. The van der Waals surface area contributed by atoms with Crippen LogP contribution in [-0.4, -0.2) is 11.2 Å². The van der Waals surface area contributed by atoms with Gasteiger partial charge < -0.3 is 9.72 Å². The number of fused-ring (bicyclic) bond motifs is 1. The molecular formula is C11H14N2O. The smallest absolute Gasteiger partial charge is 0.193 e. The maximum Gasteiger partial charge on any atom is 0.193 e. The molecule has 3 heteroatoms. The molecule has 0 aliphatic carbocycles. The first-order valence-electron chi connectivity index (χ1n) is 4.79. The van der Waals surface area contributed by atoms with Gasteiger partial charge in [-0.1, -0.05) is 25.1 Å². The topological polar surface area (TPSA) is 51.0 Å². The molecule has 1 aromatic heterocycles. The number of aromatic amines is 1. The molecule has 0 aliphatic heterocycles. The number of nitrogens with one attached hydrogen (secondary N) is 1. The van der Waals surface area contributed by atoms with Crippen LogP contribution in [0.5, 0.6) is 5.88 Å². The van der Waals surface area contributed by atoms with E-state index in [0.29, 0.717) is 0 Å². The highest BCUT2D eigenvalue weighted by atomic mass is 16.5. The standard InChI is InChI=1S/C11H14N2O/c1-2-10(12)14-11-7-8-5-3-4-6-9(8)13-11/h3-7,10,13H,2,12H2,1H3. The Morgan fingerprint density at radius 3 is 2.93 bits per heavy atom. The largest absolute Gasteiger partial charge is 0.460 e. The predicted octanol–water partition coefficient (Wildman–Crippen LogP) is 2.24. The first-order chi connectivity index (χ1) is 6.79. The number of para-hydroxylation sites is 1. The molecule has 0 fully saturated rings. The Morgan fingerprint density at radius 2 is 2.21 bits per heavy atom. The van der Waals surface area contributed by atoms with Crippen molar-refractivity contribution in [2.24, 2.45) is 5.73 Å². The molecule has 0 amide bonds. The summed E-state index contributed by atoms with van der Waals surface area (Å²) in [5, 5.41) is 1.14. The van der Waals surface area contributed by atoms with Gasteiger partial charge in [-0.25, -0.2) is 0 Å². The van der Waals surface area contributed by atoms with Crippen molar-refractivity contribution < 1.29 is 4.74 Å². The Kier molecular flexibility index (Phi) is 2.41. The fourth-order valence-corrected chi connectivity index (χ4v) is 1.36. The van der Waals surface area contributed by atoms with E-state index >= 15 is 0 Å². The van der Waals surface area contributed by atoms with Crippen molar-refractivity contribution in [1.29, 1.82) is 0 Å². The number of H-pyrrole nitrogens is 1. The molecule has 2 rings (SSSR count). The zero-order valence-electron chi connectivity index (χ0n) is 8.16. The number of aromatic nitrogens is 1. The minimum Gasteiger partial charge on any atom is -0.460 e. The lowest BCUT2D eigenvalue weighted by molar-refractivity contribution is 0.198. The third-order valence-corrected chi connectivity index (χ3v) is 2.19. The van der Waals surface area contributed by atoms with Crippen LogP contribution in [0.1, 0.15) is 13.3 Å². The Labute approximate surface area is 82.9 Å². The Balaban J connectivity index is 2.27. The van der Waals surface area contributed by atoms with Gasteiger partial charge in [0, 0.05) is 17.0 Å². The first kappa shape index (κ1) is 9.09. The molecule has 0 spiro atoms. The second-order valence-corrected chi connectivity index (χ2v) is 3.29. The van der Waals surface area contributed by atoms with Crippen molar-refractivity contribution in [3.63, 3.8) is 0 Å². The molecule has 0 radical (unpaired) electrons. The van der Waals surface area contributed by atoms with Gasteiger partial charge >= 0.3 is 0 Å². The molecule has 14 heavy (non-hydrogen) atoms. The van der Waals surface area contributed by atoms with Gasteiger partial charge in [0.05, 0.1) is 0 Å². The summed E-state index contributed by atoms with van der Waals surface area (Å²) in [5.74, 6) is 0.737. The highest BCUT2D eigenvalue weighted by Gasteiger charge is 2.04. The average Bonchev–Trinajstić information content (AvgIpc) is 2.59. The molecule has 2 aromatic rings. The number of hydrogen-bond donors (Lipinski definition) is 2. The van der Waals surface area contributed by atoms with Crippen LogP contribution in [0.3, 0.4) is 0 Å². The number of rotatable bonds is 3. The third kappa shape index (κ3) is 1.72. The Hall–Kier alpha value is -1.48. The van der Waals surface area contributed by atoms with Gasteiger partial charge in [-0.3, -0.25) is 5.73 Å². The zero-order valence-corrected chi connectivity index (χ0v) is 8.16. The van der Waals surface area contributed by atoms with E-state index in [1.807, 2.05) is 37.3 Å². The van der Waals surface area contributed by atoms with Crippen LogP contribution >= 0.6 is 0 Å². The Morgan fingerprint density at radius 1 is 1.43 bits per heavy atom. The number of benzene rings is 1. The van der Waals surface area contributed by atoms with E-state index in [1.165, 1.54) is 0 Å². The fourth-order valence-electron chi connectivity index (χ4n) is 1.36. The number of hydrogen-bond acceptors (Lipinski definition) is 2. The summed E-state index contributed by atoms with van der Waals surface area (Å²) in [6.07, 6.45) is 0.568. The van der Waals surface area contributed by atoms with Crippen molar-refractivity contribution in [2.45, 2.75) is 19.6 Å². The molecule has 1 aromatic carbocycles. The molecule has 1 heterocycles. The summed E-state index contributed by atoms with van der Waals surface area (Å²) in [5.41, 5.74) is 6.76. The summed E-state index contributed by atoms with van der Waals surface area (Å²) in [7, 11) is 0. The molecule has 0 bridgehead atoms. The van der Waals surface area contributed by atoms with Gasteiger partial charge in [0.2, 0.25) is 0 Å². The van der Waals surface area contributed by atoms with Crippen LogP contribution in [0.25, 0.3) is 10.9 Å². The van der Waals surface area contributed by atoms with Gasteiger partial charge in [-0.05, 0) is 12.5 Å². The molecule has 0 aliphatic rings. The fraction of sp³-hybridized carbons (Fsp3) is 0.273. The van der Waals surface area contributed by atoms with Gasteiger partial charge in [0.1, 0.15) is 6.23 Å². The van der Waals surface area contributed by atoms with E-state index in [4.69, 9.17) is 10.5 Å². The maximum absolute atomic E-state index is 5.68. The van der Waals surface area contributed by atoms with Crippen molar-refractivity contribution >= 4 is 10.9 Å². The lowest BCUT2D eigenvalue weighted by atomic mass is 10.3. The molecule has 74 valence electrons. The Bertz CT molecular complexity index is 389. The van der Waals surface area contributed by atoms with E-state index < -0.39 is 0 Å². The monoisotopic (exact) mass is 190 g/mol. The summed E-state index contributed by atoms with van der Waals surface area (Å²) >= 11 is 0. The normalized spacial score (nSPS) is 13.0. The summed E-state index contributed by atoms with van der Waals surface area (Å²) in [6.45, 7) is 1.99. The quantitative estimate of drug-likeness (QED) is 0.729. The van der Waals surface area contributed by atoms with Crippen molar-refractivity contribution in [3.05, 3.63) is 30.3 Å². The third-order valence-electron chi connectivity index (χ3n) is 2.19. The average molecular weight is 190 g/mol. The summed E-state index contributed by atoms with van der Waals surface area (Å²) in [6, 6.07) is 10.0. The molecule has 0 saturated carbocycles. The molecule has 3 nitrogen and oxygen atoms in total. The van der Waals surface area contributed by atoms with Crippen molar-refractivity contribution in [3.8, 4) is 5.88 Å². The predicted molar refractivity (Wildman–Crippen MR) is 57.2 cm³/mol. The van der Waals surface area contributed by atoms with Crippen molar-refractivity contribution in [2.75, 3.05) is 0 Å². The van der Waals surface area contributed by atoms with Crippen LogP contribution in [0.4, 0.5) is 0 Å². The van der Waals surface area contributed by atoms with Gasteiger partial charge in [-0.2, -0.15) is 0 Å². The second-order valence-electron chi connectivity index (χ2n) is 3.29. The molecule has 1 unspecified atom stereocenters. The van der Waals surface area contributed by atoms with E-state index in [-0.39, 0.29) is 6.23 Å². The number of ether oxygens (including phenoxy) is 1. The van der Waals surface area contributed by atoms with Crippen LogP contribution in [0.15, 0.2) is 30.3 Å². The number of nitrogens with two attached hydrogens (primary N) is 1. The molecule has 1 atom stereocenters. The second kappa shape index (κ2) is 3.72. The zero-order chi connectivity index (χ0) is 9.97. The van der Waals surface area contributed by atoms with E-state index in [9.17, 15) is 0 Å². The van der Waals surface area contributed by atoms with Crippen molar-refractivity contribution in [1.82, 2.24) is 4.98 Å². The molecule has 0 saturated heterocycles. The highest BCUT2D eigenvalue weighted by Crippen LogP contribution is 2.20. The van der Waals surface area contributed by atoms with E-state index in [1.54, 1.807) is 0 Å². The van der Waals surface area contributed by atoms with E-state index in [0.717, 1.165) is 23.2 Å². The van der Waals surface area contributed by atoms with Crippen LogP contribution in [0.2, 0.25) is 0 Å².